The van der Waals surface area contributed by atoms with Crippen LogP contribution >= 0.6 is 11.8 Å². The Morgan fingerprint density at radius 3 is 2.89 bits per heavy atom. The molecule has 3 aromatic heterocycles. The molecule has 90 valence electrons. The summed E-state index contributed by atoms with van der Waals surface area (Å²) >= 11 is 1.60. The zero-order chi connectivity index (χ0) is 12.4. The zero-order valence-electron chi connectivity index (χ0n) is 9.82. The summed E-state index contributed by atoms with van der Waals surface area (Å²) < 4.78 is 1.74. The van der Waals surface area contributed by atoms with E-state index in [2.05, 4.69) is 27.0 Å². The molecule has 6 heteroatoms. The van der Waals surface area contributed by atoms with Gasteiger partial charge < -0.3 is 0 Å². The van der Waals surface area contributed by atoms with Crippen LogP contribution < -0.4 is 0 Å². The van der Waals surface area contributed by atoms with E-state index in [1.807, 2.05) is 24.3 Å². The maximum absolute atomic E-state index is 4.44. The minimum absolute atomic E-state index is 0.606. The summed E-state index contributed by atoms with van der Waals surface area (Å²) in [4.78, 5) is 12.9. The van der Waals surface area contributed by atoms with Gasteiger partial charge in [-0.2, -0.15) is 9.50 Å². The molecule has 0 bridgehead atoms. The molecular weight excluding hydrogens is 246 g/mol. The van der Waals surface area contributed by atoms with E-state index in [9.17, 15) is 0 Å². The normalized spacial score (nSPS) is 10.9. The zero-order valence-corrected chi connectivity index (χ0v) is 10.6. The fourth-order valence-corrected chi connectivity index (χ4v) is 2.22. The van der Waals surface area contributed by atoms with Crippen LogP contribution in [0.1, 0.15) is 6.92 Å². The molecule has 0 atom stereocenters. The topological polar surface area (TPSA) is 56.0 Å². The van der Waals surface area contributed by atoms with Gasteiger partial charge in [0.05, 0.1) is 11.4 Å². The standard InChI is InChI=1S/C12H11N5S/c1-2-18-12-15-11-14-8-6-10(17(11)16-12)9-5-3-4-7-13-9/h3-8H,2H2,1H3. The third kappa shape index (κ3) is 1.95. The minimum Gasteiger partial charge on any atom is -0.255 e. The molecule has 0 N–H and O–H groups in total. The smallest absolute Gasteiger partial charge is 0.253 e. The van der Waals surface area contributed by atoms with Gasteiger partial charge >= 0.3 is 0 Å². The molecule has 0 radical (unpaired) electrons. The van der Waals surface area contributed by atoms with Crippen molar-refractivity contribution < 1.29 is 0 Å². The molecule has 0 spiro atoms. The molecule has 0 unspecified atom stereocenters. The van der Waals surface area contributed by atoms with E-state index in [1.54, 1.807) is 28.7 Å². The molecule has 0 saturated carbocycles. The van der Waals surface area contributed by atoms with Crippen LogP contribution in [0.25, 0.3) is 17.2 Å². The maximum atomic E-state index is 4.44. The second kappa shape index (κ2) is 4.73. The van der Waals surface area contributed by atoms with Crippen molar-refractivity contribution in [1.29, 1.82) is 0 Å². The first-order valence-corrected chi connectivity index (χ1v) is 6.63. The van der Waals surface area contributed by atoms with Crippen molar-refractivity contribution in [2.75, 3.05) is 5.75 Å². The molecule has 0 aromatic carbocycles. The molecule has 0 fully saturated rings. The highest BCUT2D eigenvalue weighted by Crippen LogP contribution is 2.19. The summed E-state index contributed by atoms with van der Waals surface area (Å²) in [7, 11) is 0. The van der Waals surface area contributed by atoms with Crippen molar-refractivity contribution in [3.63, 3.8) is 0 Å². The van der Waals surface area contributed by atoms with Crippen LogP contribution in [0.15, 0.2) is 41.8 Å². The number of nitrogens with zero attached hydrogens (tertiary/aromatic N) is 5. The van der Waals surface area contributed by atoms with E-state index in [0.29, 0.717) is 5.78 Å². The second-order valence-corrected chi connectivity index (χ2v) is 4.82. The fraction of sp³-hybridized carbons (Fsp3) is 0.167. The molecule has 0 aliphatic heterocycles. The van der Waals surface area contributed by atoms with Gasteiger partial charge in [0.25, 0.3) is 5.78 Å². The van der Waals surface area contributed by atoms with E-state index in [0.717, 1.165) is 22.3 Å². The molecule has 0 aliphatic rings. The second-order valence-electron chi connectivity index (χ2n) is 3.58. The van der Waals surface area contributed by atoms with E-state index >= 15 is 0 Å². The van der Waals surface area contributed by atoms with E-state index in [1.165, 1.54) is 0 Å². The average Bonchev–Trinajstić information content (AvgIpc) is 2.82. The Labute approximate surface area is 108 Å². The highest BCUT2D eigenvalue weighted by atomic mass is 32.2. The van der Waals surface area contributed by atoms with Gasteiger partial charge in [-0.25, -0.2) is 4.98 Å². The maximum Gasteiger partial charge on any atom is 0.253 e. The summed E-state index contributed by atoms with van der Waals surface area (Å²) in [6.45, 7) is 2.07. The first-order chi connectivity index (χ1) is 8.88. The number of hydrogen-bond donors (Lipinski definition) is 0. The quantitative estimate of drug-likeness (QED) is 0.674. The van der Waals surface area contributed by atoms with Crippen LogP contribution in [0.3, 0.4) is 0 Å². The predicted octanol–water partition coefficient (Wildman–Crippen LogP) is 2.30. The van der Waals surface area contributed by atoms with E-state index in [-0.39, 0.29) is 0 Å². The van der Waals surface area contributed by atoms with Crippen molar-refractivity contribution in [2.24, 2.45) is 0 Å². The number of hydrogen-bond acceptors (Lipinski definition) is 5. The summed E-state index contributed by atoms with van der Waals surface area (Å²) in [5.41, 5.74) is 1.76. The van der Waals surface area contributed by atoms with Crippen molar-refractivity contribution in [2.45, 2.75) is 12.1 Å². The molecule has 3 rings (SSSR count). The predicted molar refractivity (Wildman–Crippen MR) is 70.4 cm³/mol. The van der Waals surface area contributed by atoms with Gasteiger partial charge in [0.2, 0.25) is 5.16 Å². The van der Waals surface area contributed by atoms with Crippen molar-refractivity contribution in [1.82, 2.24) is 24.6 Å². The highest BCUT2D eigenvalue weighted by Gasteiger charge is 2.09. The van der Waals surface area contributed by atoms with E-state index < -0.39 is 0 Å². The van der Waals surface area contributed by atoms with Gasteiger partial charge in [0.15, 0.2) is 0 Å². The van der Waals surface area contributed by atoms with E-state index in [4.69, 9.17) is 0 Å². The SMILES string of the molecule is CCSc1nc2nccc(-c3ccccn3)n2n1. The van der Waals surface area contributed by atoms with Crippen LogP contribution in [0, 0.1) is 0 Å². The minimum atomic E-state index is 0.606. The summed E-state index contributed by atoms with van der Waals surface area (Å²) in [5, 5.41) is 5.19. The Hall–Kier alpha value is -1.95. The Bertz CT molecular complexity index is 665. The van der Waals surface area contributed by atoms with Crippen molar-refractivity contribution in [3.05, 3.63) is 36.7 Å². The van der Waals surface area contributed by atoms with Crippen LogP contribution in [0.5, 0.6) is 0 Å². The van der Waals surface area contributed by atoms with Crippen molar-refractivity contribution in [3.8, 4) is 11.4 Å². The first-order valence-electron chi connectivity index (χ1n) is 5.64. The van der Waals surface area contributed by atoms with Gasteiger partial charge in [-0.15, -0.1) is 5.10 Å². The highest BCUT2D eigenvalue weighted by molar-refractivity contribution is 7.99. The summed E-state index contributed by atoms with van der Waals surface area (Å²) in [5.74, 6) is 1.55. The molecule has 3 heterocycles. The van der Waals surface area contributed by atoms with Gasteiger partial charge in [-0.1, -0.05) is 24.8 Å². The Morgan fingerprint density at radius 1 is 1.17 bits per heavy atom. The van der Waals surface area contributed by atoms with Crippen LogP contribution in [0.2, 0.25) is 0 Å². The molecule has 3 aromatic rings. The Morgan fingerprint density at radius 2 is 2.11 bits per heavy atom. The van der Waals surface area contributed by atoms with Gasteiger partial charge in [-0.05, 0) is 24.0 Å². The lowest BCUT2D eigenvalue weighted by Crippen LogP contribution is -1.97. The molecule has 18 heavy (non-hydrogen) atoms. The largest absolute Gasteiger partial charge is 0.255 e. The number of rotatable bonds is 3. The molecule has 0 saturated heterocycles. The first kappa shape index (κ1) is 11.2. The molecule has 5 nitrogen and oxygen atoms in total. The number of thioether (sulfide) groups is 1. The number of fused-ring (bicyclic) bond motifs is 1. The van der Waals surface area contributed by atoms with Crippen molar-refractivity contribution >= 4 is 17.5 Å². The Balaban J connectivity index is 2.17. The van der Waals surface area contributed by atoms with Crippen LogP contribution in [-0.4, -0.2) is 30.3 Å². The third-order valence-corrected chi connectivity index (χ3v) is 3.14. The summed E-state index contributed by atoms with van der Waals surface area (Å²) in [6.07, 6.45) is 3.49. The summed E-state index contributed by atoms with van der Waals surface area (Å²) in [6, 6.07) is 7.68. The van der Waals surface area contributed by atoms with Crippen LogP contribution in [-0.2, 0) is 0 Å². The molecular formula is C12H11N5S. The lowest BCUT2D eigenvalue weighted by Gasteiger charge is -2.01. The van der Waals surface area contributed by atoms with Gasteiger partial charge in [-0.3, -0.25) is 4.98 Å². The monoisotopic (exact) mass is 257 g/mol. The van der Waals surface area contributed by atoms with Crippen LogP contribution in [0.4, 0.5) is 0 Å². The average molecular weight is 257 g/mol. The number of aromatic nitrogens is 5. The lowest BCUT2D eigenvalue weighted by atomic mass is 10.2. The van der Waals surface area contributed by atoms with Gasteiger partial charge in [0, 0.05) is 12.4 Å². The Kier molecular flexibility index (Phi) is 2.93. The fourth-order valence-electron chi connectivity index (χ4n) is 1.67. The molecule has 0 aliphatic carbocycles. The third-order valence-electron chi connectivity index (χ3n) is 2.42. The molecule has 0 amide bonds. The lowest BCUT2D eigenvalue weighted by molar-refractivity contribution is 0.883. The van der Waals surface area contributed by atoms with Gasteiger partial charge in [0.1, 0.15) is 0 Å². The number of pyridine rings is 1.